The van der Waals surface area contributed by atoms with Gasteiger partial charge in [0.1, 0.15) is 0 Å². The van der Waals surface area contributed by atoms with E-state index in [1.54, 1.807) is 16.7 Å². The van der Waals surface area contributed by atoms with Crippen molar-refractivity contribution >= 4 is 34.2 Å². The molecule has 3 aromatic rings. The summed E-state index contributed by atoms with van der Waals surface area (Å²) in [7, 11) is 0. The zero-order valence-corrected chi connectivity index (χ0v) is 18.8. The van der Waals surface area contributed by atoms with Gasteiger partial charge in [-0.15, -0.1) is 0 Å². The summed E-state index contributed by atoms with van der Waals surface area (Å²) >= 11 is 12.2. The summed E-state index contributed by atoms with van der Waals surface area (Å²) in [5.74, 6) is 0. The van der Waals surface area contributed by atoms with Gasteiger partial charge in [0.25, 0.3) is 6.01 Å². The van der Waals surface area contributed by atoms with Gasteiger partial charge >= 0.3 is 0 Å². The molecule has 0 spiro atoms. The van der Waals surface area contributed by atoms with Crippen LogP contribution in [-0.4, -0.2) is 44.7 Å². The van der Waals surface area contributed by atoms with Crippen molar-refractivity contribution in [2.24, 2.45) is 0 Å². The lowest BCUT2D eigenvalue weighted by Crippen LogP contribution is -2.41. The van der Waals surface area contributed by atoms with Gasteiger partial charge in [0.2, 0.25) is 0 Å². The summed E-state index contributed by atoms with van der Waals surface area (Å²) in [5.41, 5.74) is 3.31. The van der Waals surface area contributed by atoms with E-state index in [0.717, 1.165) is 25.3 Å². The molecule has 0 unspecified atom stereocenters. The molecule has 0 aliphatic carbocycles. The molecule has 1 aromatic heterocycles. The molecule has 0 saturated carbocycles. The van der Waals surface area contributed by atoms with E-state index < -0.39 is 0 Å². The molecule has 5 nitrogen and oxygen atoms in total. The number of nitrogens with one attached hydrogen (secondary N) is 1. The highest BCUT2D eigenvalue weighted by atomic mass is 35.5. The molecule has 0 fully saturated rings. The van der Waals surface area contributed by atoms with Crippen LogP contribution in [0.3, 0.4) is 0 Å². The lowest BCUT2D eigenvalue weighted by molar-refractivity contribution is 0.176. The number of fused-ring (bicyclic) bond motifs is 1. The van der Waals surface area contributed by atoms with E-state index >= 15 is 0 Å². The third-order valence-corrected chi connectivity index (χ3v) is 5.80. The molecule has 0 radical (unpaired) electrons. The Morgan fingerprint density at radius 3 is 2.28 bits per heavy atom. The molecule has 156 valence electrons. The first-order chi connectivity index (χ1) is 13.8. The normalized spacial score (nSPS) is 12.0. The average Bonchev–Trinajstić information content (AvgIpc) is 2.96. The van der Waals surface area contributed by atoms with E-state index in [-0.39, 0.29) is 6.01 Å². The molecule has 3 rings (SSSR count). The largest absolute Gasteiger partial charge is 0.480 e. The summed E-state index contributed by atoms with van der Waals surface area (Å²) in [6.07, 6.45) is 0. The monoisotopic (exact) mass is 434 g/mol. The third-order valence-electron chi connectivity index (χ3n) is 5.08. The molecule has 0 aliphatic rings. The topological polar surface area (TPSA) is 53.3 Å². The van der Waals surface area contributed by atoms with Crippen molar-refractivity contribution in [3.63, 3.8) is 0 Å². The first-order valence-electron chi connectivity index (χ1n) is 9.90. The van der Waals surface area contributed by atoms with Gasteiger partial charge < -0.3 is 10.4 Å². The van der Waals surface area contributed by atoms with Crippen molar-refractivity contribution in [3.8, 4) is 11.7 Å². The smallest absolute Gasteiger partial charge is 0.299 e. The van der Waals surface area contributed by atoms with E-state index in [2.05, 4.69) is 42.9 Å². The Morgan fingerprint density at radius 2 is 1.66 bits per heavy atom. The first kappa shape index (κ1) is 21.9. The van der Waals surface area contributed by atoms with Gasteiger partial charge in [0.15, 0.2) is 0 Å². The molecule has 2 N–H and O–H groups in total. The summed E-state index contributed by atoms with van der Waals surface area (Å²) in [5, 5.41) is 14.7. The minimum absolute atomic E-state index is 0.0910. The number of hydrogen-bond acceptors (Lipinski definition) is 4. The fraction of sp³-hybridized carbons (Fsp3) is 0.409. The molecule has 0 saturated heterocycles. The maximum atomic E-state index is 10.3. The number of aromatic hydroxyl groups is 1. The first-order valence-corrected chi connectivity index (χ1v) is 10.7. The van der Waals surface area contributed by atoms with Crippen LogP contribution in [0.1, 0.15) is 33.3 Å². The van der Waals surface area contributed by atoms with Crippen LogP contribution in [0.4, 0.5) is 0 Å². The van der Waals surface area contributed by atoms with Crippen LogP contribution >= 0.6 is 23.2 Å². The maximum absolute atomic E-state index is 10.3. The molecule has 29 heavy (non-hydrogen) atoms. The summed E-state index contributed by atoms with van der Waals surface area (Å²) in [4.78, 5) is 6.65. The zero-order chi connectivity index (χ0) is 21.1. The number of rotatable bonds is 8. The average molecular weight is 435 g/mol. The summed E-state index contributed by atoms with van der Waals surface area (Å²) < 4.78 is 1.66. The van der Waals surface area contributed by atoms with Crippen LogP contribution in [0.2, 0.25) is 10.0 Å². The predicted octanol–water partition coefficient (Wildman–Crippen LogP) is 5.25. The van der Waals surface area contributed by atoms with Gasteiger partial charge in [0.05, 0.1) is 26.8 Å². The fourth-order valence-corrected chi connectivity index (χ4v) is 3.95. The van der Waals surface area contributed by atoms with Crippen molar-refractivity contribution in [1.82, 2.24) is 19.8 Å². The minimum Gasteiger partial charge on any atom is -0.480 e. The Balaban J connectivity index is 1.67. The van der Waals surface area contributed by atoms with E-state index in [0.29, 0.717) is 33.2 Å². The van der Waals surface area contributed by atoms with Gasteiger partial charge in [0, 0.05) is 31.7 Å². The number of aromatic nitrogens is 2. The molecule has 0 amide bonds. The molecule has 7 heteroatoms. The number of hydrogen-bond donors (Lipinski definition) is 2. The number of nitrogens with zero attached hydrogens (tertiary/aromatic N) is 3. The highest BCUT2D eigenvalue weighted by Crippen LogP contribution is 2.32. The van der Waals surface area contributed by atoms with Crippen LogP contribution < -0.4 is 5.32 Å². The lowest BCUT2D eigenvalue weighted by atomic mass is 10.2. The van der Waals surface area contributed by atoms with E-state index in [9.17, 15) is 5.11 Å². The van der Waals surface area contributed by atoms with Gasteiger partial charge in [-0.1, -0.05) is 35.3 Å². The Bertz CT molecular complexity index is 959. The van der Waals surface area contributed by atoms with Crippen LogP contribution in [0.25, 0.3) is 16.7 Å². The fourth-order valence-electron chi connectivity index (χ4n) is 3.63. The minimum atomic E-state index is -0.0910. The maximum Gasteiger partial charge on any atom is 0.299 e. The quantitative estimate of drug-likeness (QED) is 0.475. The molecule has 0 bridgehead atoms. The van der Waals surface area contributed by atoms with Crippen LogP contribution in [0.5, 0.6) is 6.01 Å². The second kappa shape index (κ2) is 9.35. The molecular weight excluding hydrogens is 407 g/mol. The van der Waals surface area contributed by atoms with Crippen molar-refractivity contribution < 1.29 is 5.11 Å². The van der Waals surface area contributed by atoms with Crippen LogP contribution in [0, 0.1) is 0 Å². The zero-order valence-electron chi connectivity index (χ0n) is 17.3. The van der Waals surface area contributed by atoms with E-state index in [1.807, 2.05) is 24.3 Å². The second-order valence-corrected chi connectivity index (χ2v) is 8.59. The predicted molar refractivity (Wildman–Crippen MR) is 121 cm³/mol. The van der Waals surface area contributed by atoms with Crippen molar-refractivity contribution in [3.05, 3.63) is 52.0 Å². The van der Waals surface area contributed by atoms with Gasteiger partial charge in [-0.25, -0.2) is 0 Å². The molecule has 0 atom stereocenters. The van der Waals surface area contributed by atoms with Crippen molar-refractivity contribution in [2.45, 2.75) is 46.3 Å². The third kappa shape index (κ3) is 5.04. The lowest BCUT2D eigenvalue weighted by Gasteiger charge is -2.30. The number of imidazole rings is 1. The van der Waals surface area contributed by atoms with E-state index in [1.165, 1.54) is 5.56 Å². The van der Waals surface area contributed by atoms with Gasteiger partial charge in [-0.2, -0.15) is 4.98 Å². The summed E-state index contributed by atoms with van der Waals surface area (Å²) in [6.45, 7) is 11.7. The highest BCUT2D eigenvalue weighted by Gasteiger charge is 2.14. The van der Waals surface area contributed by atoms with Crippen LogP contribution in [0.15, 0.2) is 36.4 Å². The number of halogens is 2. The Hall–Kier alpha value is -1.79. The molecule has 0 aliphatic heterocycles. The van der Waals surface area contributed by atoms with Crippen molar-refractivity contribution in [2.75, 3.05) is 13.1 Å². The Labute approximate surface area is 182 Å². The SMILES string of the molecule is CC(C)N(CCNCc1ccc(-n2c(O)nc3cc(Cl)c(Cl)cc32)cc1)C(C)C. The molecular formula is C22H28Cl2N4O. The van der Waals surface area contributed by atoms with E-state index in [4.69, 9.17) is 23.2 Å². The van der Waals surface area contributed by atoms with Gasteiger partial charge in [-0.3, -0.25) is 9.47 Å². The standard InChI is InChI=1S/C22H28Cl2N4O/c1-14(2)27(15(3)4)10-9-25-13-16-5-7-17(8-6-16)28-21-12-19(24)18(23)11-20(21)26-22(28)29/h5-8,11-12,14-15,25H,9-10,13H2,1-4H3,(H,26,29). The summed E-state index contributed by atoms with van der Waals surface area (Å²) in [6, 6.07) is 12.4. The highest BCUT2D eigenvalue weighted by molar-refractivity contribution is 6.42. The van der Waals surface area contributed by atoms with Crippen LogP contribution in [-0.2, 0) is 6.54 Å². The number of benzene rings is 2. The second-order valence-electron chi connectivity index (χ2n) is 7.77. The molecule has 2 aromatic carbocycles. The van der Waals surface area contributed by atoms with Crippen molar-refractivity contribution in [1.29, 1.82) is 0 Å². The molecule has 1 heterocycles. The Kier molecular flexibility index (Phi) is 7.06. The van der Waals surface area contributed by atoms with Gasteiger partial charge in [-0.05, 0) is 57.5 Å². The Morgan fingerprint density at radius 1 is 1.03 bits per heavy atom.